The molecule has 1 aromatic rings. The summed E-state index contributed by atoms with van der Waals surface area (Å²) in [5.41, 5.74) is 6.16. The van der Waals surface area contributed by atoms with Gasteiger partial charge in [0.15, 0.2) is 0 Å². The number of nitrogens with zero attached hydrogens (tertiary/aromatic N) is 1. The number of benzene rings is 1. The average Bonchev–Trinajstić information content (AvgIpc) is 2.47. The zero-order chi connectivity index (χ0) is 15.5. The van der Waals surface area contributed by atoms with Crippen molar-refractivity contribution in [1.82, 2.24) is 4.31 Å². The van der Waals surface area contributed by atoms with Gasteiger partial charge < -0.3 is 15.2 Å². The van der Waals surface area contributed by atoms with Crippen LogP contribution in [0.1, 0.15) is 12.8 Å². The number of rotatable bonds is 5. The summed E-state index contributed by atoms with van der Waals surface area (Å²) in [6.45, 7) is 1.57. The molecule has 0 amide bonds. The van der Waals surface area contributed by atoms with Crippen molar-refractivity contribution in [1.29, 1.82) is 0 Å². The van der Waals surface area contributed by atoms with Crippen molar-refractivity contribution in [3.8, 4) is 5.75 Å². The van der Waals surface area contributed by atoms with Gasteiger partial charge in [0.25, 0.3) is 0 Å². The van der Waals surface area contributed by atoms with Gasteiger partial charge in [-0.25, -0.2) is 8.42 Å². The van der Waals surface area contributed by atoms with E-state index in [2.05, 4.69) is 0 Å². The van der Waals surface area contributed by atoms with Crippen LogP contribution in [0.5, 0.6) is 5.75 Å². The van der Waals surface area contributed by atoms with Gasteiger partial charge in [-0.2, -0.15) is 4.31 Å². The van der Waals surface area contributed by atoms with Crippen molar-refractivity contribution in [2.45, 2.75) is 17.7 Å². The fraction of sp³-hybridized carbons (Fsp3) is 0.571. The number of piperidine rings is 1. The molecule has 2 N–H and O–H groups in total. The Balaban J connectivity index is 2.29. The van der Waals surface area contributed by atoms with Crippen molar-refractivity contribution >= 4 is 15.7 Å². The fourth-order valence-corrected chi connectivity index (χ4v) is 4.34. The molecule has 1 unspecified atom stereocenters. The van der Waals surface area contributed by atoms with Crippen LogP contribution in [0.15, 0.2) is 23.1 Å². The van der Waals surface area contributed by atoms with Crippen LogP contribution in [-0.2, 0) is 14.8 Å². The first-order chi connectivity index (χ1) is 9.98. The van der Waals surface area contributed by atoms with Crippen LogP contribution in [0, 0.1) is 5.92 Å². The molecule has 1 heterocycles. The van der Waals surface area contributed by atoms with Crippen molar-refractivity contribution in [3.05, 3.63) is 18.2 Å². The predicted molar refractivity (Wildman–Crippen MR) is 80.8 cm³/mol. The fourth-order valence-electron chi connectivity index (χ4n) is 2.65. The molecule has 0 spiro atoms. The van der Waals surface area contributed by atoms with Gasteiger partial charge >= 0.3 is 0 Å². The minimum absolute atomic E-state index is 0.164. The lowest BCUT2D eigenvalue weighted by Crippen LogP contribution is -2.41. The molecule has 0 radical (unpaired) electrons. The second-order valence-corrected chi connectivity index (χ2v) is 7.14. The molecule has 21 heavy (non-hydrogen) atoms. The molecule has 0 bridgehead atoms. The number of ether oxygens (including phenoxy) is 2. The summed E-state index contributed by atoms with van der Waals surface area (Å²) in [7, 11) is -0.498. The van der Waals surface area contributed by atoms with E-state index in [9.17, 15) is 8.42 Å². The highest BCUT2D eigenvalue weighted by Gasteiger charge is 2.32. The molecular weight excluding hydrogens is 292 g/mol. The molecule has 2 rings (SSSR count). The van der Waals surface area contributed by atoms with E-state index in [1.54, 1.807) is 13.2 Å². The monoisotopic (exact) mass is 314 g/mol. The Morgan fingerprint density at radius 1 is 1.38 bits per heavy atom. The molecule has 1 fully saturated rings. The molecule has 1 aliphatic heterocycles. The number of sulfonamides is 1. The van der Waals surface area contributed by atoms with Gasteiger partial charge in [0.2, 0.25) is 10.0 Å². The Bertz CT molecular complexity index is 587. The third-order valence-corrected chi connectivity index (χ3v) is 5.59. The number of hydrogen-bond donors (Lipinski definition) is 1. The molecule has 6 nitrogen and oxygen atoms in total. The Hall–Kier alpha value is -1.31. The zero-order valence-electron chi connectivity index (χ0n) is 12.4. The van der Waals surface area contributed by atoms with Crippen LogP contribution in [0.4, 0.5) is 5.69 Å². The second kappa shape index (κ2) is 6.64. The van der Waals surface area contributed by atoms with Crippen molar-refractivity contribution < 1.29 is 17.9 Å². The van der Waals surface area contributed by atoms with Gasteiger partial charge in [-0.3, -0.25) is 0 Å². The standard InChI is InChI=1S/C14H22N2O4S/c1-19-10-11-4-3-7-16(9-11)21(17,18)14-6-5-12(15)8-13(14)20-2/h5-6,8,11H,3-4,7,9-10,15H2,1-2H3. The second-order valence-electron chi connectivity index (χ2n) is 5.24. The van der Waals surface area contributed by atoms with Gasteiger partial charge in [-0.15, -0.1) is 0 Å². The summed E-state index contributed by atoms with van der Waals surface area (Å²) in [5, 5.41) is 0. The number of anilines is 1. The van der Waals surface area contributed by atoms with Crippen LogP contribution in [-0.4, -0.2) is 46.6 Å². The minimum Gasteiger partial charge on any atom is -0.495 e. The van der Waals surface area contributed by atoms with E-state index in [-0.39, 0.29) is 16.6 Å². The Labute approximate surface area is 125 Å². The maximum atomic E-state index is 12.8. The number of nitrogens with two attached hydrogens (primary N) is 1. The smallest absolute Gasteiger partial charge is 0.246 e. The molecule has 0 aliphatic carbocycles. The molecule has 1 aliphatic rings. The highest BCUT2D eigenvalue weighted by Crippen LogP contribution is 2.31. The van der Waals surface area contributed by atoms with E-state index in [1.807, 2.05) is 0 Å². The Morgan fingerprint density at radius 3 is 2.81 bits per heavy atom. The molecular formula is C14H22N2O4S. The largest absolute Gasteiger partial charge is 0.495 e. The topological polar surface area (TPSA) is 81.9 Å². The van der Waals surface area contributed by atoms with Gasteiger partial charge in [0.05, 0.1) is 13.7 Å². The SMILES string of the molecule is COCC1CCCN(S(=O)(=O)c2ccc(N)cc2OC)C1. The van der Waals surface area contributed by atoms with E-state index in [0.29, 0.717) is 25.4 Å². The zero-order valence-corrected chi connectivity index (χ0v) is 13.2. The average molecular weight is 314 g/mol. The third kappa shape index (κ3) is 3.48. The molecule has 118 valence electrons. The predicted octanol–water partition coefficient (Wildman–Crippen LogP) is 1.32. The van der Waals surface area contributed by atoms with E-state index in [4.69, 9.17) is 15.2 Å². The summed E-state index contributed by atoms with van der Waals surface area (Å²) in [6, 6.07) is 4.61. The first-order valence-corrected chi connectivity index (χ1v) is 8.35. The van der Waals surface area contributed by atoms with Gasteiger partial charge in [0, 0.05) is 32.0 Å². The normalized spacial score (nSPS) is 20.4. The van der Waals surface area contributed by atoms with E-state index in [0.717, 1.165) is 12.8 Å². The molecule has 1 aromatic carbocycles. The molecule has 7 heteroatoms. The molecule has 0 saturated carbocycles. The summed E-state index contributed by atoms with van der Waals surface area (Å²) < 4.78 is 37.4. The maximum Gasteiger partial charge on any atom is 0.246 e. The van der Waals surface area contributed by atoms with Crippen molar-refractivity contribution in [3.63, 3.8) is 0 Å². The van der Waals surface area contributed by atoms with E-state index in [1.165, 1.54) is 23.5 Å². The molecule has 1 saturated heterocycles. The molecule has 0 aromatic heterocycles. The van der Waals surface area contributed by atoms with Crippen LogP contribution in [0.3, 0.4) is 0 Å². The minimum atomic E-state index is -3.58. The van der Waals surface area contributed by atoms with Crippen LogP contribution < -0.4 is 10.5 Å². The summed E-state index contributed by atoms with van der Waals surface area (Å²) >= 11 is 0. The van der Waals surface area contributed by atoms with Crippen LogP contribution >= 0.6 is 0 Å². The molecule has 1 atom stereocenters. The van der Waals surface area contributed by atoms with Crippen molar-refractivity contribution in [2.75, 3.05) is 39.6 Å². The summed E-state index contributed by atoms with van der Waals surface area (Å²) in [4.78, 5) is 0.164. The van der Waals surface area contributed by atoms with Crippen molar-refractivity contribution in [2.24, 2.45) is 5.92 Å². The van der Waals surface area contributed by atoms with Gasteiger partial charge in [-0.1, -0.05) is 0 Å². The quantitative estimate of drug-likeness (QED) is 0.829. The highest BCUT2D eigenvalue weighted by molar-refractivity contribution is 7.89. The lowest BCUT2D eigenvalue weighted by atomic mass is 10.0. The number of nitrogen functional groups attached to an aromatic ring is 1. The Morgan fingerprint density at radius 2 is 2.14 bits per heavy atom. The van der Waals surface area contributed by atoms with Crippen LogP contribution in [0.25, 0.3) is 0 Å². The van der Waals surface area contributed by atoms with E-state index >= 15 is 0 Å². The van der Waals surface area contributed by atoms with Gasteiger partial charge in [0.1, 0.15) is 10.6 Å². The summed E-state index contributed by atoms with van der Waals surface area (Å²) in [5.74, 6) is 0.516. The van der Waals surface area contributed by atoms with Gasteiger partial charge in [-0.05, 0) is 30.9 Å². The van der Waals surface area contributed by atoms with E-state index < -0.39 is 10.0 Å². The first kappa shape index (κ1) is 16.1. The third-order valence-electron chi connectivity index (χ3n) is 3.69. The van der Waals surface area contributed by atoms with Crippen LogP contribution in [0.2, 0.25) is 0 Å². The maximum absolute atomic E-state index is 12.8. The summed E-state index contributed by atoms with van der Waals surface area (Å²) in [6.07, 6.45) is 1.82. The lowest BCUT2D eigenvalue weighted by molar-refractivity contribution is 0.118. The number of hydrogen-bond acceptors (Lipinski definition) is 5. The lowest BCUT2D eigenvalue weighted by Gasteiger charge is -2.31. The first-order valence-electron chi connectivity index (χ1n) is 6.91. The number of methoxy groups -OCH3 is 2. The Kier molecular flexibility index (Phi) is 5.08. The highest BCUT2D eigenvalue weighted by atomic mass is 32.2.